The third kappa shape index (κ3) is 6.62. The molecular weight excluding hydrogens is 606 g/mol. The van der Waals surface area contributed by atoms with Crippen LogP contribution in [0, 0.1) is 13.8 Å². The lowest BCUT2D eigenvalue weighted by Gasteiger charge is -2.34. The van der Waals surface area contributed by atoms with Crippen LogP contribution in [0.5, 0.6) is 0 Å². The number of carbonyl (C=O) groups excluding carboxylic acids is 1. The number of nitrogens with zero attached hydrogens (tertiary/aromatic N) is 3. The van der Waals surface area contributed by atoms with E-state index in [1.165, 1.54) is 8.61 Å². The minimum absolute atomic E-state index is 0.0302. The van der Waals surface area contributed by atoms with Crippen LogP contribution in [0.1, 0.15) is 27.0 Å². The van der Waals surface area contributed by atoms with Crippen LogP contribution in [-0.4, -0.2) is 58.1 Å². The summed E-state index contributed by atoms with van der Waals surface area (Å²) in [6, 6.07) is 26.9. The van der Waals surface area contributed by atoms with Crippen LogP contribution in [-0.2, 0) is 26.6 Å². The summed E-state index contributed by atoms with van der Waals surface area (Å²) in [6.07, 6.45) is 0. The molecule has 1 amide bonds. The summed E-state index contributed by atoms with van der Waals surface area (Å²) < 4.78 is 56.3. The first kappa shape index (κ1) is 30.7. The number of carbonyl (C=O) groups is 1. The van der Waals surface area contributed by atoms with E-state index in [0.29, 0.717) is 21.8 Å². The molecule has 4 aromatic rings. The van der Waals surface area contributed by atoms with Gasteiger partial charge in [0.2, 0.25) is 10.0 Å². The number of aryl methyl sites for hydroxylation is 2. The first-order valence-electron chi connectivity index (χ1n) is 13.8. The molecule has 1 aliphatic heterocycles. The smallest absolute Gasteiger partial charge is 0.264 e. The second kappa shape index (κ2) is 12.5. The van der Waals surface area contributed by atoms with Gasteiger partial charge in [-0.25, -0.2) is 16.8 Å². The largest absolute Gasteiger partial charge is 0.336 e. The van der Waals surface area contributed by atoms with E-state index in [0.717, 1.165) is 11.1 Å². The molecule has 43 heavy (non-hydrogen) atoms. The normalized spacial score (nSPS) is 14.4. The van der Waals surface area contributed by atoms with E-state index in [9.17, 15) is 21.6 Å². The van der Waals surface area contributed by atoms with Crippen LogP contribution in [0.4, 0.5) is 5.69 Å². The predicted octanol–water partition coefficient (Wildman–Crippen LogP) is 5.50. The first-order valence-corrected chi connectivity index (χ1v) is 17.0. The molecule has 0 saturated carbocycles. The summed E-state index contributed by atoms with van der Waals surface area (Å²) in [5, 5.41) is 0.418. The lowest BCUT2D eigenvalue weighted by molar-refractivity contribution is 0.0698. The molecule has 0 spiro atoms. The second-order valence-corrected chi connectivity index (χ2v) is 14.7. The van der Waals surface area contributed by atoms with Gasteiger partial charge in [-0.2, -0.15) is 4.31 Å². The Balaban J connectivity index is 1.31. The third-order valence-corrected chi connectivity index (χ3v) is 11.4. The Morgan fingerprint density at radius 1 is 0.767 bits per heavy atom. The quantitative estimate of drug-likeness (QED) is 0.254. The minimum Gasteiger partial charge on any atom is -0.336 e. The number of hydrogen-bond acceptors (Lipinski definition) is 5. The number of amides is 1. The molecule has 0 radical (unpaired) electrons. The molecule has 8 nitrogen and oxygen atoms in total. The van der Waals surface area contributed by atoms with Crippen molar-refractivity contribution in [1.82, 2.24) is 9.21 Å². The highest BCUT2D eigenvalue weighted by molar-refractivity contribution is 7.92. The van der Waals surface area contributed by atoms with Gasteiger partial charge in [0.25, 0.3) is 15.9 Å². The first-order chi connectivity index (χ1) is 20.5. The van der Waals surface area contributed by atoms with Gasteiger partial charge in [0.15, 0.2) is 0 Å². The summed E-state index contributed by atoms with van der Waals surface area (Å²) in [7, 11) is -7.57. The Hall–Kier alpha value is -3.70. The molecule has 0 unspecified atom stereocenters. The van der Waals surface area contributed by atoms with Gasteiger partial charge in [-0.3, -0.25) is 9.10 Å². The van der Waals surface area contributed by atoms with Crippen LogP contribution in [0.15, 0.2) is 107 Å². The zero-order valence-electron chi connectivity index (χ0n) is 23.9. The van der Waals surface area contributed by atoms with Crippen LogP contribution in [0.3, 0.4) is 0 Å². The van der Waals surface area contributed by atoms with Crippen molar-refractivity contribution in [3.63, 3.8) is 0 Å². The van der Waals surface area contributed by atoms with Crippen molar-refractivity contribution in [2.45, 2.75) is 30.2 Å². The number of anilines is 1. The summed E-state index contributed by atoms with van der Waals surface area (Å²) in [5.74, 6) is -0.210. The van der Waals surface area contributed by atoms with Gasteiger partial charge in [-0.1, -0.05) is 65.7 Å². The molecule has 0 atom stereocenters. The highest BCUT2D eigenvalue weighted by Crippen LogP contribution is 2.31. The summed E-state index contributed by atoms with van der Waals surface area (Å²) in [4.78, 5) is 15.3. The Morgan fingerprint density at radius 3 is 2.02 bits per heavy atom. The lowest BCUT2D eigenvalue weighted by atomic mass is 10.1. The zero-order valence-corrected chi connectivity index (χ0v) is 26.2. The Labute approximate surface area is 258 Å². The molecular formula is C32H32ClN3O5S2. The molecule has 1 heterocycles. The van der Waals surface area contributed by atoms with Crippen LogP contribution >= 0.6 is 11.6 Å². The Morgan fingerprint density at radius 2 is 1.40 bits per heavy atom. The van der Waals surface area contributed by atoms with Crippen molar-refractivity contribution in [2.75, 3.05) is 30.5 Å². The lowest BCUT2D eigenvalue weighted by Crippen LogP contribution is -2.50. The van der Waals surface area contributed by atoms with E-state index < -0.39 is 20.0 Å². The topological polar surface area (TPSA) is 95.1 Å². The minimum atomic E-state index is -3.93. The molecule has 0 aliphatic carbocycles. The van der Waals surface area contributed by atoms with Gasteiger partial charge in [0, 0.05) is 36.8 Å². The molecule has 0 aromatic heterocycles. The van der Waals surface area contributed by atoms with Gasteiger partial charge < -0.3 is 4.90 Å². The standard InChI is InChI=1S/C32H32ClN3O5S2/c1-24-8-16-30(17-9-24)42(38,39)35-20-18-34(19-21-35)32(37)27-13-11-26(12-14-27)23-36(31-22-28(33)15-10-25(31)2)43(40,41)29-6-4-3-5-7-29/h3-17,22H,18-21,23H2,1-2H3. The number of hydrogen-bond donors (Lipinski definition) is 0. The molecule has 0 bridgehead atoms. The second-order valence-electron chi connectivity index (χ2n) is 10.5. The van der Waals surface area contributed by atoms with E-state index in [-0.39, 0.29) is 48.4 Å². The molecule has 1 saturated heterocycles. The number of benzene rings is 4. The van der Waals surface area contributed by atoms with Gasteiger partial charge >= 0.3 is 0 Å². The molecule has 1 fully saturated rings. The van der Waals surface area contributed by atoms with Crippen molar-refractivity contribution < 1.29 is 21.6 Å². The van der Waals surface area contributed by atoms with Gasteiger partial charge in [-0.15, -0.1) is 0 Å². The summed E-state index contributed by atoms with van der Waals surface area (Å²) in [5.41, 5.74) is 3.32. The van der Waals surface area contributed by atoms with Crippen molar-refractivity contribution in [1.29, 1.82) is 0 Å². The third-order valence-electron chi connectivity index (χ3n) is 7.48. The Bertz CT molecular complexity index is 1820. The van der Waals surface area contributed by atoms with Crippen LogP contribution < -0.4 is 4.31 Å². The monoisotopic (exact) mass is 637 g/mol. The average molecular weight is 638 g/mol. The fourth-order valence-corrected chi connectivity index (χ4v) is 8.08. The molecule has 0 N–H and O–H groups in total. The highest BCUT2D eigenvalue weighted by atomic mass is 35.5. The van der Waals surface area contributed by atoms with E-state index in [4.69, 9.17) is 11.6 Å². The fraction of sp³-hybridized carbons (Fsp3) is 0.219. The van der Waals surface area contributed by atoms with Crippen molar-refractivity contribution in [3.8, 4) is 0 Å². The van der Waals surface area contributed by atoms with Crippen molar-refractivity contribution in [3.05, 3.63) is 124 Å². The predicted molar refractivity (Wildman–Crippen MR) is 168 cm³/mol. The van der Waals surface area contributed by atoms with E-state index >= 15 is 0 Å². The van der Waals surface area contributed by atoms with Crippen molar-refractivity contribution >= 4 is 43.2 Å². The number of piperazine rings is 1. The van der Waals surface area contributed by atoms with Crippen molar-refractivity contribution in [2.24, 2.45) is 0 Å². The van der Waals surface area contributed by atoms with Gasteiger partial charge in [0.1, 0.15) is 0 Å². The van der Waals surface area contributed by atoms with Gasteiger partial charge in [0.05, 0.1) is 22.0 Å². The average Bonchev–Trinajstić information content (AvgIpc) is 3.02. The molecule has 11 heteroatoms. The number of halogens is 1. The van der Waals surface area contributed by atoms with E-state index in [2.05, 4.69) is 0 Å². The number of rotatable bonds is 8. The molecule has 4 aromatic carbocycles. The van der Waals surface area contributed by atoms with E-state index in [1.54, 1.807) is 102 Å². The highest BCUT2D eigenvalue weighted by Gasteiger charge is 2.31. The van der Waals surface area contributed by atoms with Crippen LogP contribution in [0.2, 0.25) is 5.02 Å². The van der Waals surface area contributed by atoms with Crippen LogP contribution in [0.25, 0.3) is 0 Å². The maximum absolute atomic E-state index is 13.8. The fourth-order valence-electron chi connectivity index (χ4n) is 4.96. The summed E-state index contributed by atoms with van der Waals surface area (Å²) >= 11 is 6.26. The maximum atomic E-state index is 13.8. The number of sulfonamides is 2. The SMILES string of the molecule is Cc1ccc(S(=O)(=O)N2CCN(C(=O)c3ccc(CN(c4cc(Cl)ccc4C)S(=O)(=O)c4ccccc4)cc3)CC2)cc1. The molecule has 1 aliphatic rings. The Kier molecular flexibility index (Phi) is 8.94. The summed E-state index contributed by atoms with van der Waals surface area (Å²) in [6.45, 7) is 4.69. The van der Waals surface area contributed by atoms with E-state index in [1.807, 2.05) is 13.8 Å². The molecule has 5 rings (SSSR count). The van der Waals surface area contributed by atoms with Gasteiger partial charge in [-0.05, 0) is 73.5 Å². The maximum Gasteiger partial charge on any atom is 0.264 e. The zero-order chi connectivity index (χ0) is 30.8. The molecule has 224 valence electrons.